The Morgan fingerprint density at radius 2 is 1.85 bits per heavy atom. The summed E-state index contributed by atoms with van der Waals surface area (Å²) in [4.78, 5) is 7.57. The van der Waals surface area contributed by atoms with E-state index in [1.165, 1.54) is 39.1 Å². The van der Waals surface area contributed by atoms with E-state index in [9.17, 15) is 5.11 Å². The molecular formula is C21H37N3O2. The summed E-state index contributed by atoms with van der Waals surface area (Å²) in [6.45, 7) is 11.4. The number of piperidine rings is 1. The van der Waals surface area contributed by atoms with Gasteiger partial charge in [0.05, 0.1) is 6.54 Å². The maximum Gasteiger partial charge on any atom is 0.118 e. The molecule has 3 heterocycles. The van der Waals surface area contributed by atoms with Crippen molar-refractivity contribution in [2.45, 2.75) is 39.2 Å². The number of likely N-dealkylation sites (N-methyl/N-ethyl adjacent to an activating group) is 1. The number of hydrogen-bond acceptors (Lipinski definition) is 5. The predicted molar refractivity (Wildman–Crippen MR) is 105 cm³/mol. The van der Waals surface area contributed by atoms with Crippen molar-refractivity contribution in [2.24, 2.45) is 11.8 Å². The predicted octanol–water partition coefficient (Wildman–Crippen LogP) is 2.30. The van der Waals surface area contributed by atoms with Gasteiger partial charge in [0.15, 0.2) is 0 Å². The zero-order chi connectivity index (χ0) is 18.4. The third-order valence-electron chi connectivity index (χ3n) is 5.88. The van der Waals surface area contributed by atoms with E-state index in [0.29, 0.717) is 18.4 Å². The second-order valence-electron chi connectivity index (χ2n) is 8.42. The van der Waals surface area contributed by atoms with E-state index in [0.717, 1.165) is 50.4 Å². The van der Waals surface area contributed by atoms with Crippen molar-refractivity contribution in [1.82, 2.24) is 14.7 Å². The van der Waals surface area contributed by atoms with E-state index >= 15 is 0 Å². The average Bonchev–Trinajstić information content (AvgIpc) is 2.96. The number of hydrogen-bond donors (Lipinski definition) is 1. The highest BCUT2D eigenvalue weighted by atomic mass is 16.3. The Labute approximate surface area is 158 Å². The minimum Gasteiger partial charge on any atom is -0.465 e. The molecule has 0 radical (unpaired) electrons. The molecule has 5 nitrogen and oxygen atoms in total. The maximum absolute atomic E-state index is 9.78. The average molecular weight is 364 g/mol. The fraction of sp³-hybridized carbons (Fsp3) is 0.810. The first kappa shape index (κ1) is 19.9. The lowest BCUT2D eigenvalue weighted by atomic mass is 9.89. The smallest absolute Gasteiger partial charge is 0.118 e. The number of rotatable bonds is 7. The Morgan fingerprint density at radius 1 is 1.04 bits per heavy atom. The summed E-state index contributed by atoms with van der Waals surface area (Å²) in [5.41, 5.74) is 0. The van der Waals surface area contributed by atoms with Gasteiger partial charge in [0.25, 0.3) is 0 Å². The van der Waals surface area contributed by atoms with Gasteiger partial charge >= 0.3 is 0 Å². The van der Waals surface area contributed by atoms with Crippen molar-refractivity contribution < 1.29 is 9.52 Å². The molecule has 2 aliphatic rings. The minimum atomic E-state index is 0.301. The molecule has 2 fully saturated rings. The highest BCUT2D eigenvalue weighted by Crippen LogP contribution is 2.25. The Kier molecular flexibility index (Phi) is 7.55. The van der Waals surface area contributed by atoms with Crippen molar-refractivity contribution in [3.8, 4) is 0 Å². The van der Waals surface area contributed by atoms with Crippen LogP contribution in [-0.2, 0) is 13.0 Å². The van der Waals surface area contributed by atoms with E-state index in [2.05, 4.69) is 40.8 Å². The van der Waals surface area contributed by atoms with Crippen molar-refractivity contribution in [2.75, 3.05) is 59.5 Å². The molecule has 2 atom stereocenters. The van der Waals surface area contributed by atoms with Gasteiger partial charge in [0, 0.05) is 45.8 Å². The number of furan rings is 1. The monoisotopic (exact) mass is 363 g/mol. The van der Waals surface area contributed by atoms with Gasteiger partial charge in [-0.05, 0) is 63.4 Å². The van der Waals surface area contributed by atoms with E-state index in [4.69, 9.17) is 4.42 Å². The van der Waals surface area contributed by atoms with Gasteiger partial charge in [-0.2, -0.15) is 0 Å². The standard InChI is InChI=1S/C21H37N3O2/c1-3-5-20-6-7-21(26-20)16-24-14-18(12-19(15-24)17-25)13-23-9-4-8-22(2)10-11-23/h6-7,18-19,25H,3-5,8-17H2,1-2H3/t18-,19+/m1/s1. The first-order valence-corrected chi connectivity index (χ1v) is 10.5. The first-order chi connectivity index (χ1) is 12.7. The van der Waals surface area contributed by atoms with Gasteiger partial charge in [0.1, 0.15) is 11.5 Å². The van der Waals surface area contributed by atoms with Crippen LogP contribution in [0, 0.1) is 11.8 Å². The lowest BCUT2D eigenvalue weighted by molar-refractivity contribution is 0.0588. The van der Waals surface area contributed by atoms with Crippen LogP contribution >= 0.6 is 0 Å². The Morgan fingerprint density at radius 3 is 2.65 bits per heavy atom. The fourth-order valence-corrected chi connectivity index (χ4v) is 4.58. The summed E-state index contributed by atoms with van der Waals surface area (Å²) < 4.78 is 5.99. The molecule has 0 spiro atoms. The summed E-state index contributed by atoms with van der Waals surface area (Å²) in [7, 11) is 2.23. The molecule has 0 unspecified atom stereocenters. The van der Waals surface area contributed by atoms with Gasteiger partial charge in [-0.3, -0.25) is 4.90 Å². The number of aliphatic hydroxyl groups is 1. The number of nitrogens with zero attached hydrogens (tertiary/aromatic N) is 3. The molecule has 0 bridgehead atoms. The highest BCUT2D eigenvalue weighted by molar-refractivity contribution is 5.07. The molecule has 3 rings (SSSR count). The van der Waals surface area contributed by atoms with Gasteiger partial charge in [0.2, 0.25) is 0 Å². The molecule has 26 heavy (non-hydrogen) atoms. The fourth-order valence-electron chi connectivity index (χ4n) is 4.58. The molecule has 5 heteroatoms. The van der Waals surface area contributed by atoms with Gasteiger partial charge in [-0.1, -0.05) is 6.92 Å². The van der Waals surface area contributed by atoms with Crippen LogP contribution < -0.4 is 0 Å². The van der Waals surface area contributed by atoms with Crippen LogP contribution in [0.25, 0.3) is 0 Å². The van der Waals surface area contributed by atoms with Crippen LogP contribution in [0.3, 0.4) is 0 Å². The summed E-state index contributed by atoms with van der Waals surface area (Å²) >= 11 is 0. The lowest BCUT2D eigenvalue weighted by Gasteiger charge is -2.38. The largest absolute Gasteiger partial charge is 0.465 e. The number of likely N-dealkylation sites (tertiary alicyclic amines) is 1. The van der Waals surface area contributed by atoms with E-state index in [1.807, 2.05) is 0 Å². The van der Waals surface area contributed by atoms with Crippen LogP contribution in [-0.4, -0.2) is 79.3 Å². The molecule has 0 aliphatic carbocycles. The summed E-state index contributed by atoms with van der Waals surface area (Å²) in [5, 5.41) is 9.78. The van der Waals surface area contributed by atoms with Crippen molar-refractivity contribution in [3.05, 3.63) is 23.7 Å². The van der Waals surface area contributed by atoms with E-state index < -0.39 is 0 Å². The molecule has 1 aromatic heterocycles. The zero-order valence-corrected chi connectivity index (χ0v) is 16.7. The van der Waals surface area contributed by atoms with Crippen molar-refractivity contribution in [1.29, 1.82) is 0 Å². The van der Waals surface area contributed by atoms with Gasteiger partial charge < -0.3 is 19.3 Å². The zero-order valence-electron chi connectivity index (χ0n) is 16.7. The lowest BCUT2D eigenvalue weighted by Crippen LogP contribution is -2.45. The molecule has 148 valence electrons. The second kappa shape index (κ2) is 9.88. The van der Waals surface area contributed by atoms with Gasteiger partial charge in [-0.15, -0.1) is 0 Å². The van der Waals surface area contributed by atoms with Crippen LogP contribution in [0.15, 0.2) is 16.5 Å². The summed E-state index contributed by atoms with van der Waals surface area (Å²) in [6.07, 6.45) is 4.56. The Bertz CT molecular complexity index is 533. The van der Waals surface area contributed by atoms with Crippen LogP contribution in [0.2, 0.25) is 0 Å². The summed E-state index contributed by atoms with van der Waals surface area (Å²) in [5.74, 6) is 3.22. The molecule has 2 saturated heterocycles. The summed E-state index contributed by atoms with van der Waals surface area (Å²) in [6, 6.07) is 4.25. The molecule has 2 aliphatic heterocycles. The normalized spacial score (nSPS) is 26.9. The SMILES string of the molecule is CCCc1ccc(CN2C[C@@H](CN3CCCN(C)CC3)C[C@H](CO)C2)o1. The quantitative estimate of drug-likeness (QED) is 0.805. The van der Waals surface area contributed by atoms with Crippen molar-refractivity contribution >= 4 is 0 Å². The maximum atomic E-state index is 9.78. The van der Waals surface area contributed by atoms with Gasteiger partial charge in [-0.25, -0.2) is 0 Å². The van der Waals surface area contributed by atoms with Crippen LogP contribution in [0.5, 0.6) is 0 Å². The van der Waals surface area contributed by atoms with Crippen LogP contribution in [0.1, 0.15) is 37.7 Å². The highest BCUT2D eigenvalue weighted by Gasteiger charge is 2.29. The molecule has 1 N–H and O–H groups in total. The molecule has 0 saturated carbocycles. The number of aryl methyl sites for hydroxylation is 1. The molecule has 1 aromatic rings. The third-order valence-corrected chi connectivity index (χ3v) is 5.88. The Hall–Kier alpha value is -0.880. The second-order valence-corrected chi connectivity index (χ2v) is 8.42. The first-order valence-electron chi connectivity index (χ1n) is 10.5. The third kappa shape index (κ3) is 5.81. The molecule has 0 amide bonds. The molecule has 0 aromatic carbocycles. The topological polar surface area (TPSA) is 43.1 Å². The number of aliphatic hydroxyl groups excluding tert-OH is 1. The molecular weight excluding hydrogens is 326 g/mol. The Balaban J connectivity index is 1.55. The van der Waals surface area contributed by atoms with Crippen LogP contribution in [0.4, 0.5) is 0 Å². The van der Waals surface area contributed by atoms with E-state index in [1.54, 1.807) is 0 Å². The van der Waals surface area contributed by atoms with Crippen molar-refractivity contribution in [3.63, 3.8) is 0 Å². The minimum absolute atomic E-state index is 0.301. The van der Waals surface area contributed by atoms with E-state index in [-0.39, 0.29) is 0 Å².